The van der Waals surface area contributed by atoms with E-state index >= 15 is 0 Å². The number of nitrogens with zero attached hydrogens (tertiary/aromatic N) is 3. The number of amides is 3. The van der Waals surface area contributed by atoms with Crippen LogP contribution in [0.25, 0.3) is 0 Å². The Balaban J connectivity index is 0.000000303. The van der Waals surface area contributed by atoms with Crippen molar-refractivity contribution in [1.29, 1.82) is 10.8 Å². The average Bonchev–Trinajstić information content (AvgIpc) is 3.93. The molecule has 6 rings (SSSR count). The maximum Gasteiger partial charge on any atom is 0.413 e. The maximum absolute atomic E-state index is 12.7. The van der Waals surface area contributed by atoms with Gasteiger partial charge < -0.3 is 53.6 Å². The second kappa shape index (κ2) is 24.9. The summed E-state index contributed by atoms with van der Waals surface area (Å²) in [6.45, 7) is 9.84. The number of aromatic nitrogens is 2. The van der Waals surface area contributed by atoms with E-state index in [0.29, 0.717) is 55.3 Å². The molecule has 5 aromatic rings. The number of nitrogens with one attached hydrogen (secondary N) is 6. The molecule has 364 valence electrons. The topological polar surface area (TPSA) is 311 Å². The number of alkyl carbamates (subject to hydrolysis) is 1. The quantitative estimate of drug-likeness (QED) is 0.0172. The zero-order valence-corrected chi connectivity index (χ0v) is 38.7. The third-order valence-corrected chi connectivity index (χ3v) is 10.6. The fraction of sp³-hybridized carbons (Fsp3) is 0.356. The highest BCUT2D eigenvalue weighted by Gasteiger charge is 2.33. The zero-order chi connectivity index (χ0) is 49.1. The Kier molecular flexibility index (Phi) is 18.8. The molecule has 1 aliphatic rings. The highest BCUT2D eigenvalue weighted by atomic mass is 32.2. The number of carbonyl (C=O) groups is 3. The predicted octanol–water partition coefficient (Wildman–Crippen LogP) is 3.33. The molecule has 68 heavy (non-hydrogen) atoms. The molecule has 0 aliphatic carbocycles. The Bertz CT molecular complexity index is 2610. The van der Waals surface area contributed by atoms with Crippen LogP contribution in [0.5, 0.6) is 17.4 Å². The standard InChI is InChI=1S/C29H33N5O9S.C16H23N5O3/c1-29(2,3)41-28(37)31-25(30)20-10-12-21(13-11-20)40-17-7-14-33-15-16-34(27(36)26(33)35)19-22-18-24(32-42-22)43-44(38,39)23-8-5-4-6-9-23;17-16(18)12-2-4-13(5-3-12)23-9-1-6-19-7-8-20-11-14-10-15(22)21-24-14/h4-6,8-13,18H,7,14-17,19H2,1-3H3,(H2,30,31,37);2-5,10,19-20H,1,6-9,11H2,(H3,17,18)(H,21,22). The summed E-state index contributed by atoms with van der Waals surface area (Å²) in [4.78, 5) is 50.8. The third kappa shape index (κ3) is 17.1. The number of carbonyl (C=O) groups excluding carboxylic acids is 3. The monoisotopic (exact) mass is 960 g/mol. The van der Waals surface area contributed by atoms with Crippen molar-refractivity contribution < 1.29 is 50.2 Å². The first kappa shape index (κ1) is 51.5. The van der Waals surface area contributed by atoms with E-state index in [-0.39, 0.29) is 53.5 Å². The van der Waals surface area contributed by atoms with Crippen molar-refractivity contribution in [2.75, 3.05) is 52.5 Å². The molecule has 0 radical (unpaired) electrons. The molecule has 3 aromatic carbocycles. The molecular weight excluding hydrogens is 905 g/mol. The highest BCUT2D eigenvalue weighted by molar-refractivity contribution is 7.87. The first-order valence-corrected chi connectivity index (χ1v) is 22.9. The number of ether oxygens (including phenoxy) is 3. The number of nitrogen functional groups attached to an aromatic ring is 1. The minimum atomic E-state index is -4.10. The lowest BCUT2D eigenvalue weighted by Crippen LogP contribution is -2.54. The summed E-state index contributed by atoms with van der Waals surface area (Å²) in [6, 6.07) is 24.0. The fourth-order valence-corrected chi connectivity index (χ4v) is 6.99. The number of amidine groups is 2. The van der Waals surface area contributed by atoms with Crippen LogP contribution in [-0.2, 0) is 37.5 Å². The zero-order valence-electron chi connectivity index (χ0n) is 37.9. The molecular formula is C45H56N10O12S. The van der Waals surface area contributed by atoms with Crippen molar-refractivity contribution in [2.24, 2.45) is 5.73 Å². The average molecular weight is 961 g/mol. The number of nitrogens with two attached hydrogens (primary N) is 1. The first-order chi connectivity index (χ1) is 32.5. The fourth-order valence-electron chi connectivity index (χ4n) is 6.10. The molecule has 0 bridgehead atoms. The number of benzene rings is 3. The Hall–Kier alpha value is -7.50. The molecule has 22 nitrogen and oxygen atoms in total. The Morgan fingerprint density at radius 2 is 1.43 bits per heavy atom. The summed E-state index contributed by atoms with van der Waals surface area (Å²) in [5.74, 6) is 0.348. The van der Waals surface area contributed by atoms with Gasteiger partial charge in [-0.05, 0) is 106 Å². The van der Waals surface area contributed by atoms with E-state index < -0.39 is 33.6 Å². The van der Waals surface area contributed by atoms with Crippen LogP contribution in [0.2, 0.25) is 0 Å². The van der Waals surface area contributed by atoms with Gasteiger partial charge in [-0.1, -0.05) is 18.2 Å². The molecule has 1 fully saturated rings. The van der Waals surface area contributed by atoms with E-state index in [1.54, 1.807) is 75.4 Å². The van der Waals surface area contributed by atoms with Crippen LogP contribution < -0.4 is 40.9 Å². The minimum Gasteiger partial charge on any atom is -0.494 e. The van der Waals surface area contributed by atoms with Gasteiger partial charge in [0.1, 0.15) is 33.7 Å². The molecule has 8 N–H and O–H groups in total. The molecule has 0 atom stereocenters. The van der Waals surface area contributed by atoms with Crippen molar-refractivity contribution in [3.05, 3.63) is 124 Å². The summed E-state index contributed by atoms with van der Waals surface area (Å²) in [5, 5.41) is 30.1. The van der Waals surface area contributed by atoms with Gasteiger partial charge in [0.15, 0.2) is 11.5 Å². The highest BCUT2D eigenvalue weighted by Crippen LogP contribution is 2.21. The van der Waals surface area contributed by atoms with Gasteiger partial charge in [-0.15, -0.1) is 0 Å². The minimum absolute atomic E-state index is 0.0455. The SMILES string of the molecule is CC(C)(C)OC(=O)NC(=N)c1ccc(OCCCN2CCN(Cc3cc(OS(=O)(=O)c4ccccc4)no3)C(=O)C2=O)cc1.N=C(N)c1ccc(OCCCNCCNCc2cc(=O)[nH]o2)cc1. The lowest BCUT2D eigenvalue weighted by molar-refractivity contribution is -0.156. The second-order valence-corrected chi connectivity index (χ2v) is 17.5. The van der Waals surface area contributed by atoms with Crippen molar-refractivity contribution in [3.63, 3.8) is 0 Å². The second-order valence-electron chi connectivity index (χ2n) is 16.0. The normalized spacial score (nSPS) is 12.8. The van der Waals surface area contributed by atoms with Crippen LogP contribution in [0.3, 0.4) is 0 Å². The van der Waals surface area contributed by atoms with E-state index in [1.165, 1.54) is 34.1 Å². The Morgan fingerprint density at radius 1 is 0.809 bits per heavy atom. The van der Waals surface area contributed by atoms with Gasteiger partial charge in [-0.3, -0.25) is 30.5 Å². The number of hydrogen-bond acceptors (Lipinski definition) is 17. The van der Waals surface area contributed by atoms with Crippen molar-refractivity contribution in [1.82, 2.24) is 36.1 Å². The van der Waals surface area contributed by atoms with Crippen LogP contribution in [0.4, 0.5) is 4.79 Å². The van der Waals surface area contributed by atoms with Crippen molar-refractivity contribution in [2.45, 2.75) is 57.2 Å². The summed E-state index contributed by atoms with van der Waals surface area (Å²) in [7, 11) is -4.10. The van der Waals surface area contributed by atoms with E-state index in [4.69, 9.17) is 44.0 Å². The summed E-state index contributed by atoms with van der Waals surface area (Å²) >= 11 is 0. The Labute approximate surface area is 392 Å². The van der Waals surface area contributed by atoms with Gasteiger partial charge in [0.05, 0.1) is 26.3 Å². The summed E-state index contributed by atoms with van der Waals surface area (Å²) in [5.41, 5.74) is 5.66. The molecule has 23 heteroatoms. The van der Waals surface area contributed by atoms with E-state index in [1.807, 2.05) is 12.1 Å². The number of H-pyrrole nitrogens is 1. The van der Waals surface area contributed by atoms with Crippen LogP contribution in [0.15, 0.2) is 110 Å². The number of rotatable bonds is 22. The summed E-state index contributed by atoms with van der Waals surface area (Å²) < 4.78 is 56.3. The molecule has 0 saturated carbocycles. The predicted molar refractivity (Wildman–Crippen MR) is 247 cm³/mol. The maximum atomic E-state index is 12.7. The van der Waals surface area contributed by atoms with Crippen LogP contribution in [0, 0.1) is 10.8 Å². The van der Waals surface area contributed by atoms with Gasteiger partial charge in [0.2, 0.25) is 0 Å². The molecule has 0 unspecified atom stereocenters. The van der Waals surface area contributed by atoms with E-state index in [9.17, 15) is 27.6 Å². The molecule has 2 aromatic heterocycles. The number of hydrogen-bond donors (Lipinski definition) is 7. The molecule has 0 spiro atoms. The van der Waals surface area contributed by atoms with Crippen molar-refractivity contribution >= 4 is 39.7 Å². The molecule has 3 amide bonds. The Morgan fingerprint density at radius 3 is 2.06 bits per heavy atom. The van der Waals surface area contributed by atoms with Gasteiger partial charge in [-0.25, -0.2) is 4.79 Å². The van der Waals surface area contributed by atoms with Crippen LogP contribution in [0.1, 0.15) is 56.3 Å². The van der Waals surface area contributed by atoms with Gasteiger partial charge >= 0.3 is 28.0 Å². The molecule has 3 heterocycles. The largest absolute Gasteiger partial charge is 0.494 e. The van der Waals surface area contributed by atoms with Gasteiger partial charge in [0, 0.05) is 56.0 Å². The van der Waals surface area contributed by atoms with Gasteiger partial charge in [0.25, 0.3) is 11.4 Å². The number of aromatic amines is 1. The summed E-state index contributed by atoms with van der Waals surface area (Å²) in [6.07, 6.45) is 0.641. The lowest BCUT2D eigenvalue weighted by Gasteiger charge is -2.33. The van der Waals surface area contributed by atoms with Crippen molar-refractivity contribution in [3.8, 4) is 17.4 Å². The van der Waals surface area contributed by atoms with Crippen LogP contribution >= 0.6 is 0 Å². The van der Waals surface area contributed by atoms with Gasteiger partial charge in [-0.2, -0.15) is 13.6 Å². The third-order valence-electron chi connectivity index (χ3n) is 9.40. The number of piperazine rings is 1. The lowest BCUT2D eigenvalue weighted by atomic mass is 10.2. The van der Waals surface area contributed by atoms with E-state index in [2.05, 4.69) is 26.3 Å². The smallest absolute Gasteiger partial charge is 0.413 e. The van der Waals surface area contributed by atoms with Crippen LogP contribution in [-0.4, -0.2) is 116 Å². The van der Waals surface area contributed by atoms with E-state index in [0.717, 1.165) is 31.8 Å². The first-order valence-electron chi connectivity index (χ1n) is 21.5. The molecule has 1 saturated heterocycles. The molecule has 1 aliphatic heterocycles.